The van der Waals surface area contributed by atoms with E-state index in [1.807, 2.05) is 6.20 Å². The van der Waals surface area contributed by atoms with Crippen LogP contribution in [-0.4, -0.2) is 46.6 Å². The molecule has 1 spiro atoms. The van der Waals surface area contributed by atoms with Crippen LogP contribution < -0.4 is 4.74 Å². The molecule has 1 saturated carbocycles. The van der Waals surface area contributed by atoms with Crippen LogP contribution in [0.4, 0.5) is 8.78 Å². The molecule has 0 amide bonds. The number of nitrogens with zero attached hydrogens (tertiary/aromatic N) is 4. The maximum absolute atomic E-state index is 15.0. The van der Waals surface area contributed by atoms with Gasteiger partial charge < -0.3 is 14.5 Å². The van der Waals surface area contributed by atoms with Crippen molar-refractivity contribution in [2.75, 3.05) is 26.7 Å². The van der Waals surface area contributed by atoms with E-state index in [9.17, 15) is 14.0 Å². The average molecular weight is 534 g/mol. The summed E-state index contributed by atoms with van der Waals surface area (Å²) in [4.78, 5) is 15.6. The van der Waals surface area contributed by atoms with Crippen LogP contribution in [0, 0.1) is 28.4 Å². The van der Waals surface area contributed by atoms with E-state index in [2.05, 4.69) is 20.9 Å². The molecule has 4 aromatic rings. The Hall–Kier alpha value is -3.39. The summed E-state index contributed by atoms with van der Waals surface area (Å²) in [5.74, 6) is -1.94. The predicted octanol–water partition coefficient (Wildman–Crippen LogP) is 5.77. The Kier molecular flexibility index (Phi) is 5.34. The van der Waals surface area contributed by atoms with Crippen molar-refractivity contribution in [1.82, 2.24) is 19.9 Å². The highest BCUT2D eigenvalue weighted by molar-refractivity contribution is 7.13. The van der Waals surface area contributed by atoms with E-state index in [0.717, 1.165) is 59.4 Å². The van der Waals surface area contributed by atoms with Crippen molar-refractivity contribution in [2.24, 2.45) is 5.41 Å². The molecule has 10 heteroatoms. The smallest absolute Gasteiger partial charge is 0.190 e. The van der Waals surface area contributed by atoms with Gasteiger partial charge in [-0.25, -0.2) is 13.8 Å². The van der Waals surface area contributed by atoms with Crippen molar-refractivity contribution >= 4 is 22.4 Å². The van der Waals surface area contributed by atoms with Crippen LogP contribution in [-0.2, 0) is 16.9 Å². The number of H-pyrrole nitrogens is 1. The molecule has 1 saturated heterocycles. The molecular formula is C28H25F2N5O2S. The minimum atomic E-state index is -0.766. The zero-order valence-electron chi connectivity index (χ0n) is 20.8. The zero-order chi connectivity index (χ0) is 26.1. The highest BCUT2D eigenvalue weighted by atomic mass is 32.1. The fourth-order valence-corrected chi connectivity index (χ4v) is 6.98. The standard InChI is InChI=1S/C28H25F2N5O2S/c1-36-25-18(29)8-16(9-19(25)30)21-22-23-17(10-33-26(22)34-24(21)20-11-32-15-38-20)12-37-28(23)5-7-35(14-28)13-27(2-3-27)4-6-31/h8-11,15H,2-5,7,12-14H2,1H3,(H,33,34)/t28-/m1/s1. The van der Waals surface area contributed by atoms with Crippen molar-refractivity contribution in [3.8, 4) is 33.5 Å². The topological polar surface area (TPSA) is 87.1 Å². The number of nitriles is 1. The Morgan fingerprint density at radius 2 is 2.05 bits per heavy atom. The third-order valence-corrected chi connectivity index (χ3v) is 9.10. The molecule has 1 aromatic carbocycles. The molecule has 0 unspecified atom stereocenters. The number of aromatic amines is 1. The lowest BCUT2D eigenvalue weighted by Gasteiger charge is -2.27. The molecule has 1 N–H and O–H groups in total. The van der Waals surface area contributed by atoms with Gasteiger partial charge in [-0.3, -0.25) is 9.88 Å². The summed E-state index contributed by atoms with van der Waals surface area (Å²) in [5.41, 5.74) is 5.74. The first kappa shape index (κ1) is 23.7. The summed E-state index contributed by atoms with van der Waals surface area (Å²) < 4.78 is 41.4. The number of fused-ring (bicyclic) bond motifs is 4. The number of ether oxygens (including phenoxy) is 2. The maximum Gasteiger partial charge on any atom is 0.190 e. The molecule has 0 bridgehead atoms. The lowest BCUT2D eigenvalue weighted by molar-refractivity contribution is -0.0296. The Bertz CT molecular complexity index is 1580. The molecule has 2 aliphatic heterocycles. The van der Waals surface area contributed by atoms with Gasteiger partial charge in [0.05, 0.1) is 35.9 Å². The zero-order valence-corrected chi connectivity index (χ0v) is 21.6. The largest absolute Gasteiger partial charge is 0.491 e. The van der Waals surface area contributed by atoms with Crippen molar-refractivity contribution in [2.45, 2.75) is 37.9 Å². The first-order valence-corrected chi connectivity index (χ1v) is 13.5. The highest BCUT2D eigenvalue weighted by Gasteiger charge is 2.51. The number of hydrogen-bond donors (Lipinski definition) is 1. The van der Waals surface area contributed by atoms with Gasteiger partial charge in [-0.1, -0.05) is 0 Å². The van der Waals surface area contributed by atoms with Gasteiger partial charge in [-0.05, 0) is 42.4 Å². The first-order chi connectivity index (χ1) is 18.5. The van der Waals surface area contributed by atoms with E-state index in [1.165, 1.54) is 30.6 Å². The third kappa shape index (κ3) is 3.56. The summed E-state index contributed by atoms with van der Waals surface area (Å²) in [7, 11) is 1.25. The van der Waals surface area contributed by atoms with Crippen LogP contribution >= 0.6 is 11.3 Å². The Labute approximate surface area is 222 Å². The molecule has 3 aliphatic rings. The maximum atomic E-state index is 15.0. The van der Waals surface area contributed by atoms with Gasteiger partial charge in [0.2, 0.25) is 0 Å². The third-order valence-electron chi connectivity index (χ3n) is 8.31. The number of nitrogens with one attached hydrogen (secondary N) is 1. The van der Waals surface area contributed by atoms with Crippen molar-refractivity contribution < 1.29 is 18.3 Å². The second kappa shape index (κ2) is 8.56. The summed E-state index contributed by atoms with van der Waals surface area (Å²) in [5, 5.41) is 10.1. The molecule has 38 heavy (non-hydrogen) atoms. The van der Waals surface area contributed by atoms with Crippen LogP contribution in [0.2, 0.25) is 0 Å². The van der Waals surface area contributed by atoms with Gasteiger partial charge in [-0.15, -0.1) is 11.3 Å². The van der Waals surface area contributed by atoms with Crippen molar-refractivity contribution in [3.63, 3.8) is 0 Å². The molecular weight excluding hydrogens is 508 g/mol. The number of rotatable bonds is 6. The second-order valence-corrected chi connectivity index (χ2v) is 11.6. The van der Waals surface area contributed by atoms with Gasteiger partial charge in [0.25, 0.3) is 0 Å². The van der Waals surface area contributed by atoms with Crippen LogP contribution in [0.3, 0.4) is 0 Å². The average Bonchev–Trinajstić information content (AvgIpc) is 3.36. The van der Waals surface area contributed by atoms with Crippen LogP contribution in [0.5, 0.6) is 5.75 Å². The number of pyridine rings is 1. The Balaban J connectivity index is 1.41. The Morgan fingerprint density at radius 1 is 1.24 bits per heavy atom. The minimum Gasteiger partial charge on any atom is -0.491 e. The lowest BCUT2D eigenvalue weighted by Crippen LogP contribution is -2.34. The number of likely N-dealkylation sites (tertiary alicyclic amines) is 1. The summed E-state index contributed by atoms with van der Waals surface area (Å²) in [6.45, 7) is 2.89. The molecule has 1 atom stereocenters. The van der Waals surface area contributed by atoms with Crippen molar-refractivity contribution in [1.29, 1.82) is 5.26 Å². The summed E-state index contributed by atoms with van der Waals surface area (Å²) in [6, 6.07) is 4.99. The van der Waals surface area contributed by atoms with E-state index < -0.39 is 23.0 Å². The molecule has 2 fully saturated rings. The first-order valence-electron chi connectivity index (χ1n) is 12.7. The van der Waals surface area contributed by atoms with Gasteiger partial charge in [0.15, 0.2) is 17.4 Å². The number of benzene rings is 1. The number of methoxy groups -OCH3 is 1. The normalized spacial score (nSPS) is 21.7. The lowest BCUT2D eigenvalue weighted by atomic mass is 9.87. The highest BCUT2D eigenvalue weighted by Crippen LogP contribution is 2.53. The molecule has 3 aromatic heterocycles. The van der Waals surface area contributed by atoms with Crippen LogP contribution in [0.1, 0.15) is 36.8 Å². The molecule has 1 aliphatic carbocycles. The van der Waals surface area contributed by atoms with Crippen LogP contribution in [0.15, 0.2) is 30.0 Å². The monoisotopic (exact) mass is 533 g/mol. The van der Waals surface area contributed by atoms with Gasteiger partial charge >= 0.3 is 0 Å². The molecule has 5 heterocycles. The van der Waals surface area contributed by atoms with E-state index >= 15 is 0 Å². The quantitative estimate of drug-likeness (QED) is 0.339. The van der Waals surface area contributed by atoms with E-state index in [4.69, 9.17) is 14.5 Å². The fraction of sp³-hybridized carbons (Fsp3) is 0.393. The number of hydrogen-bond acceptors (Lipinski definition) is 7. The molecule has 7 rings (SSSR count). The van der Waals surface area contributed by atoms with E-state index in [1.54, 1.807) is 11.7 Å². The van der Waals surface area contributed by atoms with Gasteiger partial charge in [0.1, 0.15) is 11.2 Å². The molecule has 7 nitrogen and oxygen atoms in total. The summed E-state index contributed by atoms with van der Waals surface area (Å²) in [6.07, 6.45) is 7.14. The molecule has 0 radical (unpaired) electrons. The fourth-order valence-electron chi connectivity index (χ4n) is 6.35. The second-order valence-electron chi connectivity index (χ2n) is 10.7. The summed E-state index contributed by atoms with van der Waals surface area (Å²) >= 11 is 1.44. The van der Waals surface area contributed by atoms with E-state index in [0.29, 0.717) is 36.3 Å². The predicted molar refractivity (Wildman–Crippen MR) is 139 cm³/mol. The number of halogens is 2. The number of thiazole rings is 1. The van der Waals surface area contributed by atoms with Gasteiger partial charge in [0, 0.05) is 60.5 Å². The van der Waals surface area contributed by atoms with E-state index in [-0.39, 0.29) is 5.41 Å². The van der Waals surface area contributed by atoms with Gasteiger partial charge in [-0.2, -0.15) is 5.26 Å². The van der Waals surface area contributed by atoms with Crippen LogP contribution in [0.25, 0.3) is 32.7 Å². The SMILES string of the molecule is COc1c(F)cc(-c2c(-c3cncs3)[nH]c3ncc4c(c23)[C@]2(CCN(CC3(CC#N)CC3)C2)OC4)cc1F. The number of aromatic nitrogens is 3. The molecule has 194 valence electrons. The Morgan fingerprint density at radius 3 is 2.74 bits per heavy atom. The van der Waals surface area contributed by atoms with Crippen molar-refractivity contribution in [3.05, 3.63) is 52.8 Å². The minimum absolute atomic E-state index is 0.103.